The van der Waals surface area contributed by atoms with E-state index in [0.717, 1.165) is 27.2 Å². The summed E-state index contributed by atoms with van der Waals surface area (Å²) in [6, 6.07) is 8.82. The highest BCUT2D eigenvalue weighted by molar-refractivity contribution is 7.14. The molecular weight excluding hydrogens is 438 g/mol. The fraction of sp³-hybridized carbons (Fsp3) is 0.333. The van der Waals surface area contributed by atoms with E-state index < -0.39 is 12.1 Å². The average molecular weight is 462 g/mol. The van der Waals surface area contributed by atoms with Gasteiger partial charge in [0.2, 0.25) is 5.91 Å². The normalized spacial score (nSPS) is 16.2. The molecule has 1 atom stereocenters. The van der Waals surface area contributed by atoms with E-state index in [2.05, 4.69) is 9.97 Å². The molecule has 31 heavy (non-hydrogen) atoms. The minimum atomic E-state index is -1.04. The fourth-order valence-electron chi connectivity index (χ4n) is 3.48. The summed E-state index contributed by atoms with van der Waals surface area (Å²) in [6.07, 6.45) is 1.66. The van der Waals surface area contributed by atoms with Gasteiger partial charge in [-0.05, 0) is 41.6 Å². The summed E-state index contributed by atoms with van der Waals surface area (Å²) in [6.45, 7) is 3.08. The van der Waals surface area contributed by atoms with Crippen molar-refractivity contribution in [3.63, 3.8) is 0 Å². The number of hydrogen-bond donors (Lipinski definition) is 2. The lowest BCUT2D eigenvalue weighted by Crippen LogP contribution is -2.58. The van der Waals surface area contributed by atoms with E-state index in [-0.39, 0.29) is 5.91 Å². The first-order valence-corrected chi connectivity index (χ1v) is 11.1. The first kappa shape index (κ1) is 22.8. The van der Waals surface area contributed by atoms with E-state index in [1.165, 1.54) is 11.2 Å². The molecule has 0 bridgehead atoms. The maximum atomic E-state index is 12.7. The monoisotopic (exact) mass is 461 g/mol. The van der Waals surface area contributed by atoms with Crippen molar-refractivity contribution in [2.75, 3.05) is 18.8 Å². The molecule has 164 valence electrons. The Bertz CT molecular complexity index is 1050. The molecule has 10 heteroatoms. The van der Waals surface area contributed by atoms with Crippen LogP contribution in [0.5, 0.6) is 0 Å². The fourth-order valence-corrected chi connectivity index (χ4v) is 4.15. The summed E-state index contributed by atoms with van der Waals surface area (Å²) < 4.78 is 0.856. The van der Waals surface area contributed by atoms with Crippen LogP contribution in [0.1, 0.15) is 25.3 Å². The van der Waals surface area contributed by atoms with E-state index in [1.807, 2.05) is 42.6 Å². The number of amides is 2. The van der Waals surface area contributed by atoms with Gasteiger partial charge in [-0.25, -0.2) is 14.8 Å². The van der Waals surface area contributed by atoms with Crippen LogP contribution < -0.4 is 5.73 Å². The predicted octanol–water partition coefficient (Wildman–Crippen LogP) is 4.10. The Hall–Kier alpha value is -2.91. The van der Waals surface area contributed by atoms with Gasteiger partial charge in [-0.3, -0.25) is 9.69 Å². The van der Waals surface area contributed by atoms with Crippen LogP contribution >= 0.6 is 22.9 Å². The van der Waals surface area contributed by atoms with E-state index in [4.69, 9.17) is 17.3 Å². The molecule has 0 saturated carbocycles. The molecule has 1 fully saturated rings. The number of carboxylic acid groups (broad SMARTS) is 1. The topological polar surface area (TPSA) is 113 Å². The lowest BCUT2D eigenvalue weighted by molar-refractivity contribution is -0.141. The molecule has 4 rings (SSSR count). The van der Waals surface area contributed by atoms with Crippen LogP contribution in [0.4, 0.5) is 10.6 Å². The largest absolute Gasteiger partial charge is 0.465 e. The van der Waals surface area contributed by atoms with Gasteiger partial charge in [0.05, 0.1) is 9.85 Å². The summed E-state index contributed by atoms with van der Waals surface area (Å²) in [7, 11) is 0. The van der Waals surface area contributed by atoms with Crippen LogP contribution in [0.3, 0.4) is 0 Å². The molecule has 2 aromatic heterocycles. The molecule has 0 radical (unpaired) electrons. The molecule has 3 aromatic rings. The zero-order valence-electron chi connectivity index (χ0n) is 17.1. The third-order valence-electron chi connectivity index (χ3n) is 4.98. The average Bonchev–Trinajstić information content (AvgIpc) is 3.22. The SMILES string of the molecule is CCC[C@H]1C(=O)N(Cc2ccc3c(N)ncnc3c2)CCN1C(=O)O.Clc1cccs1. The van der Waals surface area contributed by atoms with Crippen molar-refractivity contribution in [3.8, 4) is 0 Å². The Balaban J connectivity index is 0.000000391. The molecule has 3 heterocycles. The highest BCUT2D eigenvalue weighted by Crippen LogP contribution is 2.22. The van der Waals surface area contributed by atoms with Gasteiger partial charge in [-0.15, -0.1) is 11.3 Å². The van der Waals surface area contributed by atoms with Gasteiger partial charge in [-0.1, -0.05) is 31.0 Å². The van der Waals surface area contributed by atoms with Gasteiger partial charge < -0.3 is 15.7 Å². The van der Waals surface area contributed by atoms with Crippen molar-refractivity contribution in [1.29, 1.82) is 0 Å². The second-order valence-corrected chi connectivity index (χ2v) is 8.65. The molecular formula is C21H24ClN5O3S. The van der Waals surface area contributed by atoms with Gasteiger partial charge in [0.1, 0.15) is 18.2 Å². The summed E-state index contributed by atoms with van der Waals surface area (Å²) in [5.74, 6) is 0.281. The lowest BCUT2D eigenvalue weighted by Gasteiger charge is -2.39. The number of thiophene rings is 1. The van der Waals surface area contributed by atoms with Crippen LogP contribution in [0.2, 0.25) is 4.34 Å². The van der Waals surface area contributed by atoms with E-state index in [9.17, 15) is 14.7 Å². The lowest BCUT2D eigenvalue weighted by atomic mass is 10.0. The number of aromatic nitrogens is 2. The standard InChI is InChI=1S/C17H21N5O3.C4H3ClS/c1-2-3-14-16(23)21(6-7-22(14)17(24)25)9-11-4-5-12-13(8-11)19-10-20-15(12)18;5-4-2-1-3-6-4/h4-5,8,10,14H,2-3,6-7,9H2,1H3,(H,24,25)(H2,18,19,20);1-3H/t14-;/m0./s1. The summed E-state index contributed by atoms with van der Waals surface area (Å²) in [5, 5.41) is 12.0. The number of fused-ring (bicyclic) bond motifs is 1. The summed E-state index contributed by atoms with van der Waals surface area (Å²) in [4.78, 5) is 35.2. The maximum Gasteiger partial charge on any atom is 0.408 e. The molecule has 1 aromatic carbocycles. The number of nitrogens with two attached hydrogens (primary N) is 1. The van der Waals surface area contributed by atoms with E-state index >= 15 is 0 Å². The Kier molecular flexibility index (Phi) is 7.64. The Morgan fingerprint density at radius 3 is 2.74 bits per heavy atom. The molecule has 1 aliphatic rings. The molecule has 1 aliphatic heterocycles. The predicted molar refractivity (Wildman–Crippen MR) is 122 cm³/mol. The van der Waals surface area contributed by atoms with E-state index in [0.29, 0.717) is 31.9 Å². The van der Waals surface area contributed by atoms with Crippen molar-refractivity contribution in [1.82, 2.24) is 19.8 Å². The number of nitrogens with zero attached hydrogens (tertiary/aromatic N) is 4. The minimum Gasteiger partial charge on any atom is -0.465 e. The number of nitrogen functional groups attached to an aromatic ring is 1. The smallest absolute Gasteiger partial charge is 0.408 e. The molecule has 1 saturated heterocycles. The first-order chi connectivity index (χ1) is 14.9. The molecule has 0 spiro atoms. The number of carbonyl (C=O) groups is 2. The zero-order chi connectivity index (χ0) is 22.4. The third kappa shape index (κ3) is 5.62. The van der Waals surface area contributed by atoms with Crippen LogP contribution in [0.15, 0.2) is 42.0 Å². The quantitative estimate of drug-likeness (QED) is 0.604. The van der Waals surface area contributed by atoms with Gasteiger partial charge in [0.25, 0.3) is 0 Å². The number of anilines is 1. The van der Waals surface area contributed by atoms with Crippen LogP contribution in [-0.4, -0.2) is 56.0 Å². The molecule has 3 N–H and O–H groups in total. The summed E-state index contributed by atoms with van der Waals surface area (Å²) >= 11 is 7.02. The second kappa shape index (κ2) is 10.4. The number of rotatable bonds is 4. The second-order valence-electron chi connectivity index (χ2n) is 7.07. The maximum absolute atomic E-state index is 12.7. The number of piperazine rings is 1. The Morgan fingerprint density at radius 1 is 1.32 bits per heavy atom. The van der Waals surface area contributed by atoms with Crippen LogP contribution in [0, 0.1) is 0 Å². The highest BCUT2D eigenvalue weighted by Gasteiger charge is 2.36. The van der Waals surface area contributed by atoms with E-state index in [1.54, 1.807) is 16.2 Å². The van der Waals surface area contributed by atoms with Crippen molar-refractivity contribution < 1.29 is 14.7 Å². The first-order valence-electron chi connectivity index (χ1n) is 9.87. The van der Waals surface area contributed by atoms with Crippen molar-refractivity contribution in [3.05, 3.63) is 51.9 Å². The number of carbonyl (C=O) groups excluding carboxylic acids is 1. The van der Waals surface area contributed by atoms with Crippen molar-refractivity contribution >= 4 is 51.7 Å². The van der Waals surface area contributed by atoms with Crippen molar-refractivity contribution in [2.24, 2.45) is 0 Å². The van der Waals surface area contributed by atoms with Gasteiger partial charge in [0.15, 0.2) is 0 Å². The highest BCUT2D eigenvalue weighted by atomic mass is 35.5. The molecule has 0 aliphatic carbocycles. The van der Waals surface area contributed by atoms with Crippen LogP contribution in [-0.2, 0) is 11.3 Å². The Labute approximate surface area is 189 Å². The zero-order valence-corrected chi connectivity index (χ0v) is 18.6. The molecule has 8 nitrogen and oxygen atoms in total. The molecule has 0 unspecified atom stereocenters. The number of halogens is 1. The van der Waals surface area contributed by atoms with Gasteiger partial charge >= 0.3 is 6.09 Å². The van der Waals surface area contributed by atoms with Gasteiger partial charge in [-0.2, -0.15) is 0 Å². The minimum absolute atomic E-state index is 0.141. The summed E-state index contributed by atoms with van der Waals surface area (Å²) in [5.41, 5.74) is 7.49. The van der Waals surface area contributed by atoms with Gasteiger partial charge in [0, 0.05) is 25.0 Å². The Morgan fingerprint density at radius 2 is 2.13 bits per heavy atom. The van der Waals surface area contributed by atoms with Crippen LogP contribution in [0.25, 0.3) is 10.9 Å². The number of benzene rings is 1. The number of hydrogen-bond acceptors (Lipinski definition) is 6. The third-order valence-corrected chi connectivity index (χ3v) is 6.03. The van der Waals surface area contributed by atoms with Crippen molar-refractivity contribution in [2.45, 2.75) is 32.4 Å². The molecule has 2 amide bonds.